The zero-order valence-corrected chi connectivity index (χ0v) is 20.7. The monoisotopic (exact) mass is 436 g/mol. The quantitative estimate of drug-likeness (QED) is 0.343. The average molecular weight is 437 g/mol. The van der Waals surface area contributed by atoms with Gasteiger partial charge in [-0.2, -0.15) is 0 Å². The van der Waals surface area contributed by atoms with Gasteiger partial charge in [-0.15, -0.1) is 0 Å². The average Bonchev–Trinajstić information content (AvgIpc) is 2.84. The molecule has 0 atom stereocenters. The fourth-order valence-corrected chi connectivity index (χ4v) is 6.62. The van der Waals surface area contributed by atoms with Crippen molar-refractivity contribution in [1.29, 1.82) is 0 Å². The third-order valence-corrected chi connectivity index (χ3v) is 8.91. The van der Waals surface area contributed by atoms with Crippen LogP contribution in [0, 0.1) is 23.6 Å². The van der Waals surface area contributed by atoms with Crippen molar-refractivity contribution in [2.24, 2.45) is 17.8 Å². The summed E-state index contributed by atoms with van der Waals surface area (Å²) >= 11 is 0. The summed E-state index contributed by atoms with van der Waals surface area (Å²) in [4.78, 5) is 0. The van der Waals surface area contributed by atoms with Crippen LogP contribution in [-0.4, -0.2) is 0 Å². The largest absolute Gasteiger partial charge is 0.206 e. The van der Waals surface area contributed by atoms with E-state index in [1.54, 1.807) is 0 Å². The smallest absolute Gasteiger partial charge is 0.134 e. The first-order valence-electron chi connectivity index (χ1n) is 13.9. The van der Waals surface area contributed by atoms with Crippen LogP contribution in [-0.2, 0) is 6.42 Å². The summed E-state index contributed by atoms with van der Waals surface area (Å²) < 4.78 is 15.3. The molecule has 0 aromatic heterocycles. The number of unbranched alkanes of at least 4 members (excludes halogenated alkanes) is 2. The van der Waals surface area contributed by atoms with Crippen molar-refractivity contribution in [2.45, 2.75) is 116 Å². The molecule has 0 nitrogen and oxygen atoms in total. The Labute approximate surface area is 196 Å². The molecule has 0 saturated heterocycles. The molecule has 0 unspecified atom stereocenters. The Morgan fingerprint density at radius 1 is 0.719 bits per heavy atom. The molecular formula is C31H45F. The number of hydrogen-bond donors (Lipinski definition) is 0. The van der Waals surface area contributed by atoms with Crippen LogP contribution in [0.2, 0.25) is 0 Å². The van der Waals surface area contributed by atoms with Gasteiger partial charge >= 0.3 is 0 Å². The van der Waals surface area contributed by atoms with Gasteiger partial charge in [-0.25, -0.2) is 4.39 Å². The number of benzene rings is 2. The second-order valence-corrected chi connectivity index (χ2v) is 11.1. The number of fused-ring (bicyclic) bond motifs is 1. The van der Waals surface area contributed by atoms with E-state index in [1.165, 1.54) is 95.5 Å². The molecule has 2 aliphatic rings. The number of hydrogen-bond acceptors (Lipinski definition) is 0. The number of rotatable bonds is 9. The molecule has 4 rings (SSSR count). The lowest BCUT2D eigenvalue weighted by atomic mass is 9.73. The summed E-state index contributed by atoms with van der Waals surface area (Å²) in [6.45, 7) is 4.47. The van der Waals surface area contributed by atoms with Gasteiger partial charge in [-0.1, -0.05) is 108 Å². The van der Waals surface area contributed by atoms with Gasteiger partial charge in [-0.05, 0) is 72.3 Å². The van der Waals surface area contributed by atoms with Crippen molar-refractivity contribution in [1.82, 2.24) is 0 Å². The van der Waals surface area contributed by atoms with Gasteiger partial charge in [0.15, 0.2) is 0 Å². The number of halogens is 1. The first kappa shape index (κ1) is 23.8. The second kappa shape index (κ2) is 11.7. The Kier molecular flexibility index (Phi) is 8.67. The summed E-state index contributed by atoms with van der Waals surface area (Å²) in [6, 6.07) is 10.5. The zero-order valence-electron chi connectivity index (χ0n) is 20.7. The van der Waals surface area contributed by atoms with Gasteiger partial charge < -0.3 is 0 Å². The van der Waals surface area contributed by atoms with Gasteiger partial charge in [0, 0.05) is 5.39 Å². The minimum Gasteiger partial charge on any atom is -0.206 e. The maximum atomic E-state index is 15.3. The molecule has 0 amide bonds. The van der Waals surface area contributed by atoms with E-state index < -0.39 is 0 Å². The van der Waals surface area contributed by atoms with E-state index in [2.05, 4.69) is 38.1 Å². The Morgan fingerprint density at radius 2 is 1.34 bits per heavy atom. The van der Waals surface area contributed by atoms with Crippen LogP contribution in [0.5, 0.6) is 0 Å². The highest BCUT2D eigenvalue weighted by atomic mass is 19.1. The molecule has 0 aliphatic heterocycles. The maximum Gasteiger partial charge on any atom is 0.134 e. The van der Waals surface area contributed by atoms with E-state index in [1.807, 2.05) is 6.07 Å². The number of aryl methyl sites for hydroxylation is 1. The van der Waals surface area contributed by atoms with Gasteiger partial charge in [0.1, 0.15) is 5.82 Å². The molecule has 0 bridgehead atoms. The molecule has 0 radical (unpaired) electrons. The minimum absolute atomic E-state index is 0.0456. The van der Waals surface area contributed by atoms with Crippen molar-refractivity contribution >= 4 is 10.8 Å². The Hall–Kier alpha value is -1.37. The van der Waals surface area contributed by atoms with E-state index in [0.717, 1.165) is 40.5 Å². The van der Waals surface area contributed by atoms with Crippen LogP contribution in [0.4, 0.5) is 4.39 Å². The summed E-state index contributed by atoms with van der Waals surface area (Å²) in [6.07, 6.45) is 20.4. The molecule has 2 fully saturated rings. The molecular weight excluding hydrogens is 391 g/mol. The molecule has 2 aliphatic carbocycles. The summed E-state index contributed by atoms with van der Waals surface area (Å²) in [5.74, 6) is 3.35. The second-order valence-electron chi connectivity index (χ2n) is 11.1. The third-order valence-electron chi connectivity index (χ3n) is 8.91. The van der Waals surface area contributed by atoms with E-state index in [-0.39, 0.29) is 5.82 Å². The van der Waals surface area contributed by atoms with Crippen LogP contribution >= 0.6 is 0 Å². The highest BCUT2D eigenvalue weighted by Crippen LogP contribution is 2.41. The van der Waals surface area contributed by atoms with E-state index in [4.69, 9.17) is 0 Å². The molecule has 0 N–H and O–H groups in total. The van der Waals surface area contributed by atoms with Crippen molar-refractivity contribution in [3.05, 3.63) is 47.3 Å². The fourth-order valence-electron chi connectivity index (χ4n) is 6.62. The van der Waals surface area contributed by atoms with Gasteiger partial charge in [0.25, 0.3) is 0 Å². The maximum absolute atomic E-state index is 15.3. The van der Waals surface area contributed by atoms with E-state index in [9.17, 15) is 0 Å². The van der Waals surface area contributed by atoms with Crippen molar-refractivity contribution in [3.8, 4) is 0 Å². The Morgan fingerprint density at radius 3 is 1.97 bits per heavy atom. The first-order valence-corrected chi connectivity index (χ1v) is 13.9. The lowest BCUT2D eigenvalue weighted by Crippen LogP contribution is -2.18. The van der Waals surface area contributed by atoms with Crippen molar-refractivity contribution < 1.29 is 4.39 Å². The van der Waals surface area contributed by atoms with Gasteiger partial charge in [0.05, 0.1) is 0 Å². The van der Waals surface area contributed by atoms with Crippen molar-refractivity contribution in [3.63, 3.8) is 0 Å². The van der Waals surface area contributed by atoms with Crippen LogP contribution in [0.15, 0.2) is 30.3 Å². The summed E-state index contributed by atoms with van der Waals surface area (Å²) in [5.41, 5.74) is 2.26. The Balaban J connectivity index is 1.22. The lowest BCUT2D eigenvalue weighted by molar-refractivity contribution is 0.222. The molecule has 0 spiro atoms. The molecule has 2 aromatic carbocycles. The topological polar surface area (TPSA) is 0 Å². The van der Waals surface area contributed by atoms with E-state index in [0.29, 0.717) is 5.92 Å². The Bertz CT molecular complexity index is 837. The molecule has 176 valence electrons. The van der Waals surface area contributed by atoms with Crippen molar-refractivity contribution in [2.75, 3.05) is 0 Å². The molecule has 2 saturated carbocycles. The van der Waals surface area contributed by atoms with Crippen LogP contribution in [0.25, 0.3) is 10.8 Å². The SMILES string of the molecule is CCCCCC1CCC(CCC2CCC(c3ccc4cc(CC)ccc4c3F)CC2)CC1. The zero-order chi connectivity index (χ0) is 22.3. The van der Waals surface area contributed by atoms with Crippen LogP contribution in [0.3, 0.4) is 0 Å². The van der Waals surface area contributed by atoms with Gasteiger partial charge in [-0.3, -0.25) is 0 Å². The first-order chi connectivity index (χ1) is 15.7. The van der Waals surface area contributed by atoms with Crippen LogP contribution in [0.1, 0.15) is 121 Å². The summed E-state index contributed by atoms with van der Waals surface area (Å²) in [5, 5.41) is 1.87. The third kappa shape index (κ3) is 5.95. The molecule has 32 heavy (non-hydrogen) atoms. The summed E-state index contributed by atoms with van der Waals surface area (Å²) in [7, 11) is 0. The predicted molar refractivity (Wildman–Crippen MR) is 137 cm³/mol. The van der Waals surface area contributed by atoms with Crippen LogP contribution < -0.4 is 0 Å². The molecule has 0 heterocycles. The lowest BCUT2D eigenvalue weighted by Gasteiger charge is -2.32. The highest BCUT2D eigenvalue weighted by Gasteiger charge is 2.27. The van der Waals surface area contributed by atoms with E-state index >= 15 is 4.39 Å². The fraction of sp³-hybridized carbons (Fsp3) is 0.677. The molecule has 1 heteroatoms. The minimum atomic E-state index is 0.0456. The predicted octanol–water partition coefficient (Wildman–Crippen LogP) is 9.98. The molecule has 2 aromatic rings. The normalized spacial score (nSPS) is 26.5. The standard InChI is InChI=1S/C31H45F/c1-3-5-6-7-24-8-10-25(11-9-24)12-13-26-14-17-27(18-15-26)29-21-19-28-22-23(4-2)16-20-30(28)31(29)32/h16,19-22,24-27H,3-15,17-18H2,1-2H3. The highest BCUT2D eigenvalue weighted by molar-refractivity contribution is 5.84. The van der Waals surface area contributed by atoms with Gasteiger partial charge in [0.2, 0.25) is 0 Å².